The second-order valence-corrected chi connectivity index (χ2v) is 6.19. The Bertz CT molecular complexity index is 528. The van der Waals surface area contributed by atoms with Gasteiger partial charge in [-0.05, 0) is 53.7 Å². The molecule has 1 unspecified atom stereocenters. The van der Waals surface area contributed by atoms with E-state index in [-0.39, 0.29) is 5.91 Å². The molecule has 1 aliphatic carbocycles. The largest absolute Gasteiger partial charge is 0.371 e. The first kappa shape index (κ1) is 12.9. The second kappa shape index (κ2) is 4.80. The van der Waals surface area contributed by atoms with Crippen molar-refractivity contribution < 1.29 is 4.79 Å². The van der Waals surface area contributed by atoms with Gasteiger partial charge in [0.25, 0.3) is 0 Å². The number of benzene rings is 1. The molecule has 1 aromatic rings. The summed E-state index contributed by atoms with van der Waals surface area (Å²) < 4.78 is 1.01. The van der Waals surface area contributed by atoms with Crippen LogP contribution in [0.1, 0.15) is 31.4 Å². The molecule has 0 radical (unpaired) electrons. The molecule has 3 rings (SSSR count). The van der Waals surface area contributed by atoms with Gasteiger partial charge >= 0.3 is 0 Å². The Hall–Kier alpha value is -1.07. The molecule has 0 saturated heterocycles. The molecule has 1 heterocycles. The van der Waals surface area contributed by atoms with E-state index in [9.17, 15) is 4.79 Å². The quantitative estimate of drug-likeness (QED) is 0.895. The average Bonchev–Trinajstić information content (AvgIpc) is 3.16. The van der Waals surface area contributed by atoms with Crippen LogP contribution < -0.4 is 16.0 Å². The molecule has 1 fully saturated rings. The van der Waals surface area contributed by atoms with E-state index < -0.39 is 6.04 Å². The molecule has 1 saturated carbocycles. The van der Waals surface area contributed by atoms with Gasteiger partial charge in [-0.1, -0.05) is 0 Å². The molecule has 1 aliphatic heterocycles. The number of nitrogens with two attached hydrogens (primary N) is 1. The molecule has 4 nitrogen and oxygen atoms in total. The van der Waals surface area contributed by atoms with Crippen molar-refractivity contribution in [2.24, 2.45) is 11.7 Å². The molecular formula is C14H18BrN3O. The van der Waals surface area contributed by atoms with Crippen LogP contribution in [-0.4, -0.2) is 19.0 Å². The molecule has 1 atom stereocenters. The van der Waals surface area contributed by atoms with Crippen molar-refractivity contribution in [3.05, 3.63) is 22.2 Å². The van der Waals surface area contributed by atoms with Crippen LogP contribution in [0.5, 0.6) is 0 Å². The summed E-state index contributed by atoms with van der Waals surface area (Å²) in [5.74, 6) is 0.709. The summed E-state index contributed by atoms with van der Waals surface area (Å²) in [5.41, 5.74) is 8.73. The van der Waals surface area contributed by atoms with Crippen LogP contribution in [0.15, 0.2) is 16.6 Å². The Balaban J connectivity index is 1.93. The normalized spacial score (nSPS) is 21.2. The van der Waals surface area contributed by atoms with Gasteiger partial charge in [-0.15, -0.1) is 0 Å². The molecule has 0 spiro atoms. The summed E-state index contributed by atoms with van der Waals surface area (Å²) in [6.07, 6.45) is 2.67. The third-order valence-electron chi connectivity index (χ3n) is 3.89. The number of carbonyl (C=O) groups is 1. The minimum atomic E-state index is -0.543. The molecule has 19 heavy (non-hydrogen) atoms. The molecule has 5 heteroatoms. The predicted molar refractivity (Wildman–Crippen MR) is 80.3 cm³/mol. The smallest absolute Gasteiger partial charge is 0.245 e. The number of rotatable bonds is 4. The number of carbonyl (C=O) groups excluding carboxylic acids is 1. The minimum Gasteiger partial charge on any atom is -0.371 e. The van der Waals surface area contributed by atoms with Crippen molar-refractivity contribution in [3.63, 3.8) is 0 Å². The van der Waals surface area contributed by atoms with Crippen molar-refractivity contribution in [1.82, 2.24) is 0 Å². The molecule has 102 valence electrons. The molecule has 3 N–H and O–H groups in total. The van der Waals surface area contributed by atoms with Crippen LogP contribution in [0, 0.1) is 5.92 Å². The second-order valence-electron chi connectivity index (χ2n) is 5.34. The van der Waals surface area contributed by atoms with Crippen molar-refractivity contribution in [3.8, 4) is 0 Å². The van der Waals surface area contributed by atoms with Crippen molar-refractivity contribution in [1.29, 1.82) is 0 Å². The zero-order valence-electron chi connectivity index (χ0n) is 10.9. The Morgan fingerprint density at radius 2 is 2.21 bits per heavy atom. The number of hydrogen-bond donors (Lipinski definition) is 2. The predicted octanol–water partition coefficient (Wildman–Crippen LogP) is 2.64. The third-order valence-corrected chi connectivity index (χ3v) is 4.53. The molecule has 1 aromatic carbocycles. The summed E-state index contributed by atoms with van der Waals surface area (Å²) in [7, 11) is 0. The van der Waals surface area contributed by atoms with Gasteiger partial charge in [0.2, 0.25) is 5.91 Å². The van der Waals surface area contributed by atoms with Crippen LogP contribution in [-0.2, 0) is 4.79 Å². The summed E-state index contributed by atoms with van der Waals surface area (Å²) in [6, 6.07) is 3.47. The minimum absolute atomic E-state index is 0.121. The van der Waals surface area contributed by atoms with Crippen LogP contribution in [0.3, 0.4) is 0 Å². The third kappa shape index (κ3) is 2.37. The fraction of sp³-hybridized carbons (Fsp3) is 0.500. The first-order valence-electron chi connectivity index (χ1n) is 6.75. The first-order chi connectivity index (χ1) is 9.10. The topological polar surface area (TPSA) is 58.4 Å². The van der Waals surface area contributed by atoms with E-state index in [4.69, 9.17) is 5.73 Å². The number of nitrogens with one attached hydrogen (secondary N) is 1. The zero-order chi connectivity index (χ0) is 13.6. The summed E-state index contributed by atoms with van der Waals surface area (Å²) in [5, 5.41) is 2.85. The maximum Gasteiger partial charge on any atom is 0.245 e. The van der Waals surface area contributed by atoms with Gasteiger partial charge in [0.1, 0.15) is 6.04 Å². The molecule has 2 aliphatic rings. The van der Waals surface area contributed by atoms with Crippen LogP contribution >= 0.6 is 15.9 Å². The van der Waals surface area contributed by atoms with Gasteiger partial charge in [0.05, 0.1) is 5.69 Å². The van der Waals surface area contributed by atoms with Gasteiger partial charge in [0, 0.05) is 28.8 Å². The van der Waals surface area contributed by atoms with E-state index >= 15 is 0 Å². The lowest BCUT2D eigenvalue weighted by molar-refractivity contribution is -0.116. The Labute approximate surface area is 121 Å². The summed E-state index contributed by atoms with van der Waals surface area (Å²) in [6.45, 7) is 4.22. The highest BCUT2D eigenvalue weighted by Crippen LogP contribution is 2.39. The average molecular weight is 324 g/mol. The Morgan fingerprint density at radius 3 is 2.84 bits per heavy atom. The van der Waals surface area contributed by atoms with Gasteiger partial charge < -0.3 is 16.0 Å². The van der Waals surface area contributed by atoms with E-state index in [1.165, 1.54) is 12.8 Å². The number of halogens is 1. The van der Waals surface area contributed by atoms with E-state index in [0.717, 1.165) is 40.4 Å². The molecular weight excluding hydrogens is 306 g/mol. The Morgan fingerprint density at radius 1 is 1.47 bits per heavy atom. The van der Waals surface area contributed by atoms with Gasteiger partial charge in [-0.3, -0.25) is 4.79 Å². The van der Waals surface area contributed by atoms with Crippen LogP contribution in [0.2, 0.25) is 0 Å². The lowest BCUT2D eigenvalue weighted by Gasteiger charge is -2.25. The SMILES string of the molecule is CCN(CC1CC1)c1cc2c(cc1Br)C(N)C(=O)N2. The highest BCUT2D eigenvalue weighted by atomic mass is 79.9. The maximum absolute atomic E-state index is 11.6. The standard InChI is InChI=1S/C14H18BrN3O/c1-2-18(7-8-3-4-8)12-6-11-9(5-10(12)15)13(16)14(19)17-11/h5-6,8,13H,2-4,7,16H2,1H3,(H,17,19). The van der Waals surface area contributed by atoms with E-state index in [1.807, 2.05) is 12.1 Å². The number of amides is 1. The number of fused-ring (bicyclic) bond motifs is 1. The molecule has 0 bridgehead atoms. The number of anilines is 2. The monoisotopic (exact) mass is 323 g/mol. The van der Waals surface area contributed by atoms with Crippen LogP contribution in [0.4, 0.5) is 11.4 Å². The van der Waals surface area contributed by atoms with Crippen molar-refractivity contribution in [2.75, 3.05) is 23.3 Å². The fourth-order valence-corrected chi connectivity index (χ4v) is 3.16. The van der Waals surface area contributed by atoms with Crippen LogP contribution in [0.25, 0.3) is 0 Å². The lowest BCUT2D eigenvalue weighted by Crippen LogP contribution is -2.25. The van der Waals surface area contributed by atoms with E-state index in [1.54, 1.807) is 0 Å². The number of hydrogen-bond acceptors (Lipinski definition) is 3. The summed E-state index contributed by atoms with van der Waals surface area (Å²) in [4.78, 5) is 14.0. The fourth-order valence-electron chi connectivity index (χ4n) is 2.55. The highest BCUT2D eigenvalue weighted by Gasteiger charge is 2.30. The highest BCUT2D eigenvalue weighted by molar-refractivity contribution is 9.10. The maximum atomic E-state index is 11.6. The van der Waals surface area contributed by atoms with Gasteiger partial charge in [0.15, 0.2) is 0 Å². The first-order valence-corrected chi connectivity index (χ1v) is 7.54. The molecule has 1 amide bonds. The zero-order valence-corrected chi connectivity index (χ0v) is 12.5. The van der Waals surface area contributed by atoms with E-state index in [2.05, 4.69) is 33.1 Å². The summed E-state index contributed by atoms with van der Waals surface area (Å²) >= 11 is 3.61. The van der Waals surface area contributed by atoms with Crippen molar-refractivity contribution in [2.45, 2.75) is 25.8 Å². The Kier molecular flexibility index (Phi) is 3.27. The van der Waals surface area contributed by atoms with Gasteiger partial charge in [-0.2, -0.15) is 0 Å². The molecule has 0 aromatic heterocycles. The lowest BCUT2D eigenvalue weighted by atomic mass is 10.1. The van der Waals surface area contributed by atoms with Gasteiger partial charge in [-0.25, -0.2) is 0 Å². The number of nitrogens with zero attached hydrogens (tertiary/aromatic N) is 1. The van der Waals surface area contributed by atoms with E-state index in [0.29, 0.717) is 0 Å². The van der Waals surface area contributed by atoms with Crippen molar-refractivity contribution >= 4 is 33.2 Å².